The van der Waals surface area contributed by atoms with Crippen molar-refractivity contribution in [2.24, 2.45) is 0 Å². The molecule has 5 heteroatoms. The number of carboxylic acids is 1. The number of carboxylic acid groups (broad SMARTS) is 1. The summed E-state index contributed by atoms with van der Waals surface area (Å²) in [7, 11) is 2.81. The fourth-order valence-electron chi connectivity index (χ4n) is 1.62. The maximum Gasteiger partial charge on any atom is 0.314 e. The van der Waals surface area contributed by atoms with Gasteiger partial charge >= 0.3 is 5.97 Å². The number of carbonyl (C=O) groups excluding carboxylic acids is 1. The first-order valence-corrected chi connectivity index (χ1v) is 5.51. The smallest absolute Gasteiger partial charge is 0.314 e. The van der Waals surface area contributed by atoms with Crippen LogP contribution in [0.3, 0.4) is 0 Å². The fraction of sp³-hybridized carbons (Fsp3) is 0.385. The third-order valence-corrected chi connectivity index (χ3v) is 3.01. The second-order valence-electron chi connectivity index (χ2n) is 4.25. The van der Waals surface area contributed by atoms with E-state index in [0.717, 1.165) is 5.06 Å². The summed E-state index contributed by atoms with van der Waals surface area (Å²) in [6.07, 6.45) is -0.156. The zero-order valence-corrected chi connectivity index (χ0v) is 10.7. The molecule has 0 fully saturated rings. The van der Waals surface area contributed by atoms with E-state index in [2.05, 4.69) is 0 Å². The third-order valence-electron chi connectivity index (χ3n) is 3.01. The number of aliphatic carboxylic acids is 1. The van der Waals surface area contributed by atoms with E-state index < -0.39 is 11.4 Å². The summed E-state index contributed by atoms with van der Waals surface area (Å²) in [5, 5.41) is 10.4. The SMILES string of the molecule is CON(C)C(=O)CC(C)(C(=O)O)c1ccccc1. The van der Waals surface area contributed by atoms with Gasteiger partial charge < -0.3 is 5.11 Å². The molecule has 98 valence electrons. The molecule has 5 nitrogen and oxygen atoms in total. The largest absolute Gasteiger partial charge is 0.481 e. The molecule has 0 aliphatic carbocycles. The Bertz CT molecular complexity index is 432. The molecule has 0 radical (unpaired) electrons. The van der Waals surface area contributed by atoms with Gasteiger partial charge in [0.1, 0.15) is 0 Å². The van der Waals surface area contributed by atoms with Crippen LogP contribution in [0, 0.1) is 0 Å². The minimum absolute atomic E-state index is 0.156. The topological polar surface area (TPSA) is 66.8 Å². The Morgan fingerprint density at radius 1 is 1.33 bits per heavy atom. The number of hydrogen-bond donors (Lipinski definition) is 1. The molecular formula is C13H17NO4. The second-order valence-corrected chi connectivity index (χ2v) is 4.25. The van der Waals surface area contributed by atoms with Crippen molar-refractivity contribution in [1.29, 1.82) is 0 Å². The first kappa shape index (κ1) is 14.2. The molecule has 1 aromatic rings. The summed E-state index contributed by atoms with van der Waals surface area (Å²) in [6, 6.07) is 8.71. The molecule has 0 aromatic heterocycles. The summed E-state index contributed by atoms with van der Waals surface area (Å²) >= 11 is 0. The molecule has 0 saturated carbocycles. The van der Waals surface area contributed by atoms with Gasteiger partial charge in [0.15, 0.2) is 0 Å². The fourth-order valence-corrected chi connectivity index (χ4v) is 1.62. The Hall–Kier alpha value is -1.88. The molecule has 0 aliphatic heterocycles. The van der Waals surface area contributed by atoms with E-state index in [-0.39, 0.29) is 12.3 Å². The van der Waals surface area contributed by atoms with Gasteiger partial charge in [0.2, 0.25) is 5.91 Å². The van der Waals surface area contributed by atoms with Gasteiger partial charge in [-0.25, -0.2) is 5.06 Å². The second kappa shape index (κ2) is 5.64. The average Bonchev–Trinajstić information content (AvgIpc) is 2.38. The van der Waals surface area contributed by atoms with E-state index >= 15 is 0 Å². The van der Waals surface area contributed by atoms with E-state index in [1.807, 2.05) is 0 Å². The van der Waals surface area contributed by atoms with Crippen LogP contribution in [0.5, 0.6) is 0 Å². The van der Waals surface area contributed by atoms with Crippen LogP contribution in [0.25, 0.3) is 0 Å². The summed E-state index contributed by atoms with van der Waals surface area (Å²) in [6.45, 7) is 1.53. The Morgan fingerprint density at radius 2 is 1.89 bits per heavy atom. The van der Waals surface area contributed by atoms with E-state index in [1.54, 1.807) is 30.3 Å². The molecule has 1 amide bonds. The Labute approximate surface area is 106 Å². The van der Waals surface area contributed by atoms with Crippen LogP contribution in [0.15, 0.2) is 30.3 Å². The Morgan fingerprint density at radius 3 is 2.33 bits per heavy atom. The minimum Gasteiger partial charge on any atom is -0.481 e. The first-order chi connectivity index (χ1) is 8.41. The van der Waals surface area contributed by atoms with Crippen LogP contribution in [0.1, 0.15) is 18.9 Å². The number of rotatable bonds is 5. The van der Waals surface area contributed by atoms with E-state index in [0.29, 0.717) is 5.56 Å². The molecule has 1 atom stereocenters. The van der Waals surface area contributed by atoms with Gasteiger partial charge in [0.05, 0.1) is 12.5 Å². The van der Waals surface area contributed by atoms with Crippen LogP contribution < -0.4 is 0 Å². The Kier molecular flexibility index (Phi) is 4.44. The van der Waals surface area contributed by atoms with Gasteiger partial charge in [0.25, 0.3) is 0 Å². The van der Waals surface area contributed by atoms with Crippen LogP contribution in [-0.2, 0) is 19.8 Å². The zero-order valence-electron chi connectivity index (χ0n) is 10.7. The highest BCUT2D eigenvalue weighted by Gasteiger charge is 2.38. The van der Waals surface area contributed by atoms with E-state index in [9.17, 15) is 14.7 Å². The molecule has 1 unspecified atom stereocenters. The van der Waals surface area contributed by atoms with Crippen LogP contribution >= 0.6 is 0 Å². The van der Waals surface area contributed by atoms with Crippen LogP contribution in [-0.4, -0.2) is 36.2 Å². The maximum atomic E-state index is 11.8. The van der Waals surface area contributed by atoms with Gasteiger partial charge in [-0.15, -0.1) is 0 Å². The molecule has 18 heavy (non-hydrogen) atoms. The van der Waals surface area contributed by atoms with Crippen molar-refractivity contribution in [2.75, 3.05) is 14.2 Å². The number of benzene rings is 1. The predicted molar refractivity (Wildman–Crippen MR) is 65.8 cm³/mol. The normalized spacial score (nSPS) is 13.7. The Balaban J connectivity index is 3.03. The van der Waals surface area contributed by atoms with Gasteiger partial charge in [0, 0.05) is 13.5 Å². The van der Waals surface area contributed by atoms with Crippen molar-refractivity contribution in [1.82, 2.24) is 5.06 Å². The molecular weight excluding hydrogens is 234 g/mol. The van der Waals surface area contributed by atoms with Crippen molar-refractivity contribution in [3.63, 3.8) is 0 Å². The summed E-state index contributed by atoms with van der Waals surface area (Å²) in [5.41, 5.74) is -0.666. The van der Waals surface area contributed by atoms with Crippen molar-refractivity contribution in [3.8, 4) is 0 Å². The van der Waals surface area contributed by atoms with Crippen molar-refractivity contribution >= 4 is 11.9 Å². The summed E-state index contributed by atoms with van der Waals surface area (Å²) in [5.74, 6) is -1.42. The lowest BCUT2D eigenvalue weighted by Crippen LogP contribution is -2.39. The number of nitrogens with zero attached hydrogens (tertiary/aromatic N) is 1. The molecule has 1 rings (SSSR count). The maximum absolute atomic E-state index is 11.8. The zero-order chi connectivity index (χ0) is 13.8. The molecule has 0 saturated heterocycles. The van der Waals surface area contributed by atoms with Crippen molar-refractivity contribution < 1.29 is 19.5 Å². The van der Waals surface area contributed by atoms with Crippen LogP contribution in [0.4, 0.5) is 0 Å². The molecule has 1 aromatic carbocycles. The van der Waals surface area contributed by atoms with Gasteiger partial charge in [-0.3, -0.25) is 14.4 Å². The molecule has 0 spiro atoms. The first-order valence-electron chi connectivity index (χ1n) is 5.51. The highest BCUT2D eigenvalue weighted by atomic mass is 16.7. The number of hydroxylamine groups is 2. The van der Waals surface area contributed by atoms with E-state index in [1.165, 1.54) is 21.1 Å². The molecule has 0 aliphatic rings. The summed E-state index contributed by atoms with van der Waals surface area (Å²) < 4.78 is 0. The number of amides is 1. The molecule has 0 bridgehead atoms. The van der Waals surface area contributed by atoms with Crippen molar-refractivity contribution in [2.45, 2.75) is 18.8 Å². The molecule has 1 N–H and O–H groups in total. The third kappa shape index (κ3) is 2.87. The highest BCUT2D eigenvalue weighted by molar-refractivity contribution is 5.88. The lowest BCUT2D eigenvalue weighted by molar-refractivity contribution is -0.172. The number of carbonyl (C=O) groups is 2. The summed E-state index contributed by atoms with van der Waals surface area (Å²) in [4.78, 5) is 28.0. The minimum atomic E-state index is -1.26. The van der Waals surface area contributed by atoms with Crippen molar-refractivity contribution in [3.05, 3.63) is 35.9 Å². The lowest BCUT2D eigenvalue weighted by Gasteiger charge is -2.26. The van der Waals surface area contributed by atoms with E-state index in [4.69, 9.17) is 4.84 Å². The number of hydrogen-bond acceptors (Lipinski definition) is 3. The van der Waals surface area contributed by atoms with Gasteiger partial charge in [-0.2, -0.15) is 0 Å². The quantitative estimate of drug-likeness (QED) is 0.804. The standard InChI is InChI=1S/C13H17NO4/c1-13(12(16)17,9-11(15)14(2)18-3)10-7-5-4-6-8-10/h4-8H,9H2,1-3H3,(H,16,17). The van der Waals surface area contributed by atoms with Gasteiger partial charge in [-0.1, -0.05) is 30.3 Å². The predicted octanol–water partition coefficient (Wildman–Crippen LogP) is 1.44. The molecule has 0 heterocycles. The van der Waals surface area contributed by atoms with Crippen LogP contribution in [0.2, 0.25) is 0 Å². The highest BCUT2D eigenvalue weighted by Crippen LogP contribution is 2.28. The van der Waals surface area contributed by atoms with Gasteiger partial charge in [-0.05, 0) is 12.5 Å². The monoisotopic (exact) mass is 251 g/mol. The lowest BCUT2D eigenvalue weighted by atomic mass is 9.79. The average molecular weight is 251 g/mol.